The van der Waals surface area contributed by atoms with Gasteiger partial charge in [-0.05, 0) is 6.07 Å². The van der Waals surface area contributed by atoms with Crippen molar-refractivity contribution < 1.29 is 27.1 Å². The van der Waals surface area contributed by atoms with E-state index in [1.165, 1.54) is 0 Å². The van der Waals surface area contributed by atoms with Gasteiger partial charge >= 0.3 is 6.36 Å². The van der Waals surface area contributed by atoms with Crippen molar-refractivity contribution in [3.63, 3.8) is 0 Å². The van der Waals surface area contributed by atoms with Crippen LogP contribution < -0.4 is 4.74 Å². The van der Waals surface area contributed by atoms with E-state index in [-0.39, 0.29) is 23.1 Å². The monoisotopic (exact) mass is 314 g/mol. The molecular formula is C10H7BrF4O2. The number of rotatable bonds is 4. The van der Waals surface area contributed by atoms with Crippen LogP contribution in [0.5, 0.6) is 5.75 Å². The molecule has 0 aliphatic rings. The summed E-state index contributed by atoms with van der Waals surface area (Å²) in [6.07, 6.45) is -5.17. The molecule has 0 atom stereocenters. The standard InChI is InChI=1S/C10H7BrF4O2/c11-5-8(16)3-6-1-2-7(12)4-9(6)17-10(13,14)15/h1-2,4H,3,5H2. The van der Waals surface area contributed by atoms with Crippen LogP contribution in [0.3, 0.4) is 0 Å². The quantitative estimate of drug-likeness (QED) is 0.630. The molecule has 0 radical (unpaired) electrons. The maximum Gasteiger partial charge on any atom is 0.573 e. The van der Waals surface area contributed by atoms with Crippen molar-refractivity contribution >= 4 is 21.7 Å². The molecule has 0 aliphatic heterocycles. The van der Waals surface area contributed by atoms with Crippen molar-refractivity contribution in [3.05, 3.63) is 29.6 Å². The summed E-state index contributed by atoms with van der Waals surface area (Å²) < 4.78 is 52.6. The zero-order valence-electron chi connectivity index (χ0n) is 8.35. The molecule has 0 saturated carbocycles. The summed E-state index contributed by atoms with van der Waals surface area (Å²) >= 11 is 2.89. The lowest BCUT2D eigenvalue weighted by molar-refractivity contribution is -0.275. The molecule has 94 valence electrons. The normalized spacial score (nSPS) is 11.4. The number of carbonyl (C=O) groups is 1. The second-order valence-electron chi connectivity index (χ2n) is 3.15. The molecular weight excluding hydrogens is 308 g/mol. The summed E-state index contributed by atoms with van der Waals surface area (Å²) in [4.78, 5) is 11.1. The Kier molecular flexibility index (Phi) is 4.50. The third kappa shape index (κ3) is 4.72. The molecule has 0 aliphatic carbocycles. The van der Waals surface area contributed by atoms with Gasteiger partial charge in [0.15, 0.2) is 0 Å². The molecule has 0 unspecified atom stereocenters. The van der Waals surface area contributed by atoms with Crippen molar-refractivity contribution in [1.82, 2.24) is 0 Å². The molecule has 0 fully saturated rings. The molecule has 1 aromatic carbocycles. The minimum Gasteiger partial charge on any atom is -0.405 e. The van der Waals surface area contributed by atoms with Gasteiger partial charge in [0, 0.05) is 18.1 Å². The molecule has 2 nitrogen and oxygen atoms in total. The fourth-order valence-electron chi connectivity index (χ4n) is 1.15. The summed E-state index contributed by atoms with van der Waals surface area (Å²) in [5.41, 5.74) is -0.00632. The van der Waals surface area contributed by atoms with E-state index >= 15 is 0 Å². The summed E-state index contributed by atoms with van der Waals surface area (Å²) in [6, 6.07) is 2.67. The van der Waals surface area contributed by atoms with Crippen LogP contribution in [0.15, 0.2) is 18.2 Å². The maximum atomic E-state index is 12.8. The van der Waals surface area contributed by atoms with Gasteiger partial charge in [0.2, 0.25) is 0 Å². The predicted molar refractivity (Wildman–Crippen MR) is 55.6 cm³/mol. The molecule has 17 heavy (non-hydrogen) atoms. The Hall–Kier alpha value is -1.11. The van der Waals surface area contributed by atoms with Gasteiger partial charge in [-0.2, -0.15) is 0 Å². The fourth-order valence-corrected chi connectivity index (χ4v) is 1.35. The Labute approximate surface area is 103 Å². The number of ether oxygens (including phenoxy) is 1. The second kappa shape index (κ2) is 5.48. The Balaban J connectivity index is 2.99. The van der Waals surface area contributed by atoms with Crippen LogP contribution in [-0.4, -0.2) is 17.5 Å². The zero-order chi connectivity index (χ0) is 13.1. The minimum atomic E-state index is -4.92. The smallest absolute Gasteiger partial charge is 0.405 e. The lowest BCUT2D eigenvalue weighted by atomic mass is 10.1. The van der Waals surface area contributed by atoms with E-state index in [1.54, 1.807) is 0 Å². The summed E-state index contributed by atoms with van der Waals surface area (Å²) in [5.74, 6) is -1.88. The first-order valence-electron chi connectivity index (χ1n) is 4.43. The van der Waals surface area contributed by atoms with E-state index < -0.39 is 17.9 Å². The Bertz CT molecular complexity index is 417. The Morgan fingerprint density at radius 3 is 2.53 bits per heavy atom. The van der Waals surface area contributed by atoms with Gasteiger partial charge in [-0.25, -0.2) is 4.39 Å². The van der Waals surface area contributed by atoms with E-state index in [4.69, 9.17) is 0 Å². The number of ketones is 1. The van der Waals surface area contributed by atoms with Crippen molar-refractivity contribution in [2.24, 2.45) is 0 Å². The van der Waals surface area contributed by atoms with Crippen molar-refractivity contribution in [2.45, 2.75) is 12.8 Å². The number of Topliss-reactive ketones (excluding diaryl/α,β-unsaturated/α-hetero) is 1. The average molecular weight is 315 g/mol. The Morgan fingerprint density at radius 2 is 2.00 bits per heavy atom. The molecule has 0 N–H and O–H groups in total. The van der Waals surface area contributed by atoms with Crippen LogP contribution in [0, 0.1) is 5.82 Å². The average Bonchev–Trinajstić information content (AvgIpc) is 2.19. The topological polar surface area (TPSA) is 26.3 Å². The molecule has 0 amide bonds. The maximum absolute atomic E-state index is 12.8. The van der Waals surface area contributed by atoms with Gasteiger partial charge in [-0.3, -0.25) is 4.79 Å². The number of halogens is 5. The number of alkyl halides is 4. The number of carbonyl (C=O) groups excluding carboxylic acids is 1. The predicted octanol–water partition coefficient (Wildman–Crippen LogP) is 3.23. The van der Waals surface area contributed by atoms with E-state index in [0.717, 1.165) is 12.1 Å². The molecule has 7 heteroatoms. The summed E-state index contributed by atoms with van der Waals surface area (Å²) in [7, 11) is 0. The van der Waals surface area contributed by atoms with E-state index in [2.05, 4.69) is 20.7 Å². The van der Waals surface area contributed by atoms with Gasteiger partial charge in [-0.1, -0.05) is 22.0 Å². The largest absolute Gasteiger partial charge is 0.573 e. The zero-order valence-corrected chi connectivity index (χ0v) is 9.94. The first-order valence-corrected chi connectivity index (χ1v) is 5.56. The fraction of sp³-hybridized carbons (Fsp3) is 0.300. The van der Waals surface area contributed by atoms with Crippen molar-refractivity contribution in [2.75, 3.05) is 5.33 Å². The lowest BCUT2D eigenvalue weighted by Gasteiger charge is -2.12. The molecule has 0 spiro atoms. The summed E-state index contributed by atoms with van der Waals surface area (Å²) in [6.45, 7) is 0. The minimum absolute atomic E-state index is 0.00632. The van der Waals surface area contributed by atoms with Gasteiger partial charge < -0.3 is 4.74 Å². The van der Waals surface area contributed by atoms with Crippen LogP contribution in [-0.2, 0) is 11.2 Å². The Morgan fingerprint density at radius 1 is 1.35 bits per heavy atom. The summed E-state index contributed by atoms with van der Waals surface area (Å²) in [5, 5.41) is 0.00976. The van der Waals surface area contributed by atoms with E-state index in [0.29, 0.717) is 6.07 Å². The first kappa shape index (κ1) is 14.0. The first-order chi connectivity index (χ1) is 7.81. The van der Waals surface area contributed by atoms with Gasteiger partial charge in [0.05, 0.1) is 5.33 Å². The van der Waals surface area contributed by atoms with Crippen LogP contribution in [0.4, 0.5) is 17.6 Å². The molecule has 0 aromatic heterocycles. The van der Waals surface area contributed by atoms with Gasteiger partial charge in [0.1, 0.15) is 17.3 Å². The third-order valence-electron chi connectivity index (χ3n) is 1.79. The molecule has 0 bridgehead atoms. The molecule has 0 heterocycles. The van der Waals surface area contributed by atoms with E-state index in [1.807, 2.05) is 0 Å². The molecule has 0 saturated heterocycles. The number of benzene rings is 1. The van der Waals surface area contributed by atoms with Crippen LogP contribution in [0.2, 0.25) is 0 Å². The van der Waals surface area contributed by atoms with Gasteiger partial charge in [0.25, 0.3) is 0 Å². The highest BCUT2D eigenvalue weighted by atomic mass is 79.9. The van der Waals surface area contributed by atoms with Gasteiger partial charge in [-0.15, -0.1) is 13.2 Å². The van der Waals surface area contributed by atoms with Crippen LogP contribution >= 0.6 is 15.9 Å². The van der Waals surface area contributed by atoms with Crippen LogP contribution in [0.25, 0.3) is 0 Å². The highest BCUT2D eigenvalue weighted by Crippen LogP contribution is 2.27. The lowest BCUT2D eigenvalue weighted by Crippen LogP contribution is -2.19. The number of hydrogen-bond acceptors (Lipinski definition) is 2. The van der Waals surface area contributed by atoms with Crippen LogP contribution in [0.1, 0.15) is 5.56 Å². The molecule has 1 rings (SSSR count). The molecule has 1 aromatic rings. The highest BCUT2D eigenvalue weighted by molar-refractivity contribution is 9.09. The second-order valence-corrected chi connectivity index (χ2v) is 3.71. The number of hydrogen-bond donors (Lipinski definition) is 0. The third-order valence-corrected chi connectivity index (χ3v) is 2.42. The highest BCUT2D eigenvalue weighted by Gasteiger charge is 2.32. The SMILES string of the molecule is O=C(CBr)Cc1ccc(F)cc1OC(F)(F)F. The van der Waals surface area contributed by atoms with Crippen molar-refractivity contribution in [1.29, 1.82) is 0 Å². The van der Waals surface area contributed by atoms with E-state index in [9.17, 15) is 22.4 Å². The van der Waals surface area contributed by atoms with Crippen molar-refractivity contribution in [3.8, 4) is 5.75 Å².